The Morgan fingerprint density at radius 2 is 2.15 bits per heavy atom. The first-order valence-electron chi connectivity index (χ1n) is 6.18. The van der Waals surface area contributed by atoms with E-state index in [-0.39, 0.29) is 0 Å². The van der Waals surface area contributed by atoms with Crippen LogP contribution in [-0.4, -0.2) is 14.8 Å². The van der Waals surface area contributed by atoms with Gasteiger partial charge in [0.25, 0.3) is 0 Å². The molecule has 6 heteroatoms. The Bertz CT molecular complexity index is 719. The van der Waals surface area contributed by atoms with Crippen LogP contribution in [0, 0.1) is 6.92 Å². The average Bonchev–Trinajstić information content (AvgIpc) is 3.06. The fraction of sp³-hybridized carbons (Fsp3) is 0.143. The molecular formula is C14H13ClN4S. The van der Waals surface area contributed by atoms with Gasteiger partial charge < -0.3 is 5.32 Å². The molecule has 0 aliphatic rings. The van der Waals surface area contributed by atoms with E-state index in [9.17, 15) is 0 Å². The van der Waals surface area contributed by atoms with Gasteiger partial charge in [0.2, 0.25) is 0 Å². The topological polar surface area (TPSA) is 42.7 Å². The van der Waals surface area contributed by atoms with Crippen LogP contribution in [0.1, 0.15) is 10.6 Å². The van der Waals surface area contributed by atoms with E-state index in [0.29, 0.717) is 11.0 Å². The SMILES string of the molecule is Cc1ccn(-c2ccccc2NCc2cnc(Cl)s2)n1. The first-order valence-corrected chi connectivity index (χ1v) is 7.37. The lowest BCUT2D eigenvalue weighted by molar-refractivity contribution is 0.862. The molecule has 3 aromatic rings. The molecule has 3 rings (SSSR count). The Labute approximate surface area is 126 Å². The summed E-state index contributed by atoms with van der Waals surface area (Å²) >= 11 is 7.32. The Kier molecular flexibility index (Phi) is 3.71. The fourth-order valence-corrected chi connectivity index (χ4v) is 2.84. The lowest BCUT2D eigenvalue weighted by Crippen LogP contribution is -2.04. The highest BCUT2D eigenvalue weighted by molar-refractivity contribution is 7.15. The molecule has 0 aliphatic carbocycles. The van der Waals surface area contributed by atoms with Crippen molar-refractivity contribution in [1.29, 1.82) is 0 Å². The standard InChI is InChI=1S/C14H13ClN4S/c1-10-6-7-19(18-10)13-5-3-2-4-12(13)16-8-11-9-17-14(15)20-11/h2-7,9,16H,8H2,1H3. The van der Waals surface area contributed by atoms with Crippen LogP contribution in [0.2, 0.25) is 4.47 Å². The van der Waals surface area contributed by atoms with E-state index in [2.05, 4.69) is 15.4 Å². The third-order valence-electron chi connectivity index (χ3n) is 2.85. The number of anilines is 1. The summed E-state index contributed by atoms with van der Waals surface area (Å²) in [6.07, 6.45) is 3.75. The van der Waals surface area contributed by atoms with Gasteiger partial charge in [0.05, 0.1) is 23.6 Å². The predicted octanol–water partition coefficient (Wildman–Crippen LogP) is 3.90. The molecule has 1 aromatic carbocycles. The Hall–Kier alpha value is -1.85. The summed E-state index contributed by atoms with van der Waals surface area (Å²) in [4.78, 5) is 5.14. The van der Waals surface area contributed by atoms with Gasteiger partial charge in [-0.1, -0.05) is 23.7 Å². The molecule has 0 radical (unpaired) electrons. The average molecular weight is 305 g/mol. The summed E-state index contributed by atoms with van der Waals surface area (Å²) in [6, 6.07) is 10.1. The zero-order chi connectivity index (χ0) is 13.9. The number of aromatic nitrogens is 3. The van der Waals surface area contributed by atoms with Crippen LogP contribution in [0.25, 0.3) is 5.69 Å². The van der Waals surface area contributed by atoms with Gasteiger partial charge in [-0.05, 0) is 25.1 Å². The van der Waals surface area contributed by atoms with Crippen LogP contribution in [-0.2, 0) is 6.54 Å². The van der Waals surface area contributed by atoms with Gasteiger partial charge in [0.1, 0.15) is 0 Å². The van der Waals surface area contributed by atoms with E-state index in [1.807, 2.05) is 48.1 Å². The van der Waals surface area contributed by atoms with Gasteiger partial charge >= 0.3 is 0 Å². The number of halogens is 1. The van der Waals surface area contributed by atoms with Gasteiger partial charge in [-0.2, -0.15) is 5.10 Å². The van der Waals surface area contributed by atoms with Gasteiger partial charge in [0, 0.05) is 17.3 Å². The zero-order valence-electron chi connectivity index (χ0n) is 10.9. The Balaban J connectivity index is 1.83. The van der Waals surface area contributed by atoms with E-state index < -0.39 is 0 Å². The van der Waals surface area contributed by atoms with Crippen molar-refractivity contribution >= 4 is 28.6 Å². The van der Waals surface area contributed by atoms with Crippen LogP contribution < -0.4 is 5.32 Å². The molecule has 102 valence electrons. The molecule has 0 saturated heterocycles. The first kappa shape index (κ1) is 13.1. The van der Waals surface area contributed by atoms with Crippen molar-refractivity contribution in [3.63, 3.8) is 0 Å². The number of aryl methyl sites for hydroxylation is 1. The quantitative estimate of drug-likeness (QED) is 0.795. The highest BCUT2D eigenvalue weighted by Crippen LogP contribution is 2.22. The third-order valence-corrected chi connectivity index (χ3v) is 3.97. The molecule has 20 heavy (non-hydrogen) atoms. The molecule has 0 fully saturated rings. The second-order valence-corrected chi connectivity index (χ2v) is 6.05. The summed E-state index contributed by atoms with van der Waals surface area (Å²) in [7, 11) is 0. The summed E-state index contributed by atoms with van der Waals surface area (Å²) in [6.45, 7) is 2.67. The van der Waals surface area contributed by atoms with Crippen LogP contribution in [0.5, 0.6) is 0 Å². The predicted molar refractivity (Wildman–Crippen MR) is 82.8 cm³/mol. The minimum absolute atomic E-state index is 0.567. The van der Waals surface area contributed by atoms with Gasteiger partial charge in [0.15, 0.2) is 4.47 Å². The van der Waals surface area contributed by atoms with Crippen molar-refractivity contribution in [2.24, 2.45) is 0 Å². The number of nitrogens with one attached hydrogen (secondary N) is 1. The van der Waals surface area contributed by atoms with Crippen molar-refractivity contribution in [3.8, 4) is 5.69 Å². The molecule has 0 amide bonds. The highest BCUT2D eigenvalue weighted by atomic mass is 35.5. The summed E-state index contributed by atoms with van der Waals surface area (Å²) in [5, 5.41) is 7.85. The molecule has 0 spiro atoms. The van der Waals surface area contributed by atoms with Crippen molar-refractivity contribution in [3.05, 3.63) is 57.8 Å². The van der Waals surface area contributed by atoms with Gasteiger partial charge in [-0.25, -0.2) is 9.67 Å². The van der Waals surface area contributed by atoms with Crippen molar-refractivity contribution in [1.82, 2.24) is 14.8 Å². The van der Waals surface area contributed by atoms with Crippen molar-refractivity contribution in [2.75, 3.05) is 5.32 Å². The van der Waals surface area contributed by atoms with Gasteiger partial charge in [-0.3, -0.25) is 0 Å². The second kappa shape index (κ2) is 5.64. The third kappa shape index (κ3) is 2.84. The largest absolute Gasteiger partial charge is 0.378 e. The van der Waals surface area contributed by atoms with E-state index in [4.69, 9.17) is 11.6 Å². The molecule has 0 bridgehead atoms. The molecular weight excluding hydrogens is 292 g/mol. The van der Waals surface area contributed by atoms with E-state index in [1.165, 1.54) is 11.3 Å². The number of thiazole rings is 1. The van der Waals surface area contributed by atoms with Crippen molar-refractivity contribution in [2.45, 2.75) is 13.5 Å². The summed E-state index contributed by atoms with van der Waals surface area (Å²) < 4.78 is 2.44. The monoisotopic (exact) mass is 304 g/mol. The number of hydrogen-bond acceptors (Lipinski definition) is 4. The molecule has 0 unspecified atom stereocenters. The number of hydrogen-bond donors (Lipinski definition) is 1. The lowest BCUT2D eigenvalue weighted by atomic mass is 10.2. The molecule has 0 atom stereocenters. The maximum atomic E-state index is 5.84. The number of para-hydroxylation sites is 2. The smallest absolute Gasteiger partial charge is 0.183 e. The Morgan fingerprint density at radius 1 is 1.30 bits per heavy atom. The summed E-state index contributed by atoms with van der Waals surface area (Å²) in [5.41, 5.74) is 3.05. The minimum Gasteiger partial charge on any atom is -0.378 e. The summed E-state index contributed by atoms with van der Waals surface area (Å²) in [5.74, 6) is 0. The number of nitrogens with zero attached hydrogens (tertiary/aromatic N) is 3. The maximum absolute atomic E-state index is 5.84. The number of benzene rings is 1. The van der Waals surface area contributed by atoms with Crippen LogP contribution in [0.3, 0.4) is 0 Å². The Morgan fingerprint density at radius 3 is 2.85 bits per heavy atom. The minimum atomic E-state index is 0.567. The van der Waals surface area contributed by atoms with Crippen LogP contribution in [0.15, 0.2) is 42.7 Å². The number of rotatable bonds is 4. The molecule has 0 aliphatic heterocycles. The molecule has 2 aromatic heterocycles. The molecule has 2 heterocycles. The molecule has 4 nitrogen and oxygen atoms in total. The van der Waals surface area contributed by atoms with Crippen LogP contribution >= 0.6 is 22.9 Å². The highest BCUT2D eigenvalue weighted by Gasteiger charge is 2.06. The molecule has 1 N–H and O–H groups in total. The second-order valence-electron chi connectivity index (χ2n) is 4.35. The fourth-order valence-electron chi connectivity index (χ4n) is 1.92. The van der Waals surface area contributed by atoms with Crippen molar-refractivity contribution < 1.29 is 0 Å². The maximum Gasteiger partial charge on any atom is 0.183 e. The van der Waals surface area contributed by atoms with E-state index in [0.717, 1.165) is 21.9 Å². The molecule has 0 saturated carbocycles. The zero-order valence-corrected chi connectivity index (χ0v) is 12.4. The van der Waals surface area contributed by atoms with E-state index >= 15 is 0 Å². The lowest BCUT2D eigenvalue weighted by Gasteiger charge is -2.11. The van der Waals surface area contributed by atoms with Crippen LogP contribution in [0.4, 0.5) is 5.69 Å². The van der Waals surface area contributed by atoms with Gasteiger partial charge in [-0.15, -0.1) is 11.3 Å². The first-order chi connectivity index (χ1) is 9.72. The normalized spacial score (nSPS) is 10.7. The van der Waals surface area contributed by atoms with E-state index in [1.54, 1.807) is 6.20 Å².